The number of rotatable bonds is 1. The molecule has 0 saturated heterocycles. The predicted molar refractivity (Wildman–Crippen MR) is 18.3 cm³/mol. The van der Waals surface area contributed by atoms with Crippen LogP contribution >= 0.6 is 0 Å². The number of hydrogen-bond donors (Lipinski definition) is 1. The van der Waals surface area contributed by atoms with Crippen molar-refractivity contribution in [3.8, 4) is 0 Å². The van der Waals surface area contributed by atoms with Crippen LogP contribution in [0.5, 0.6) is 0 Å². The summed E-state index contributed by atoms with van der Waals surface area (Å²) in [5.74, 6) is -2.20. The Morgan fingerprint density at radius 3 is 1.67 bits per heavy atom. The normalized spacial score (nSPS) is 7.50. The van der Waals surface area contributed by atoms with Crippen LogP contribution in [0.4, 0.5) is 0 Å². The quantitative estimate of drug-likeness (QED) is 0.353. The van der Waals surface area contributed by atoms with E-state index in [-0.39, 0.29) is 0 Å². The largest absolute Gasteiger partial charge is 0.476 e. The van der Waals surface area contributed by atoms with Gasteiger partial charge in [0, 0.05) is 6.92 Å². The van der Waals surface area contributed by atoms with Crippen LogP contribution in [0.3, 0.4) is 0 Å². The summed E-state index contributed by atoms with van der Waals surface area (Å²) in [6.45, 7) is 1.00. The van der Waals surface area contributed by atoms with Crippen LogP contribution in [-0.4, -0.2) is 16.9 Å². The van der Waals surface area contributed by atoms with Crippen LogP contribution in [0.1, 0.15) is 6.92 Å². The molecule has 0 aromatic heterocycles. The van der Waals surface area contributed by atoms with E-state index in [0.29, 0.717) is 0 Å². The van der Waals surface area contributed by atoms with E-state index >= 15 is 0 Å². The minimum Gasteiger partial charge on any atom is -0.476 e. The van der Waals surface area contributed by atoms with Crippen LogP contribution in [0.25, 0.3) is 0 Å². The van der Waals surface area contributed by atoms with Crippen molar-refractivity contribution in [2.45, 2.75) is 6.92 Å². The third-order valence-corrected chi connectivity index (χ3v) is 0.301. The Bertz CT molecular complexity index is 72.0. The first-order valence-electron chi connectivity index (χ1n) is 1.38. The van der Waals surface area contributed by atoms with Crippen LogP contribution in [0.15, 0.2) is 0 Å². The molecule has 0 aliphatic carbocycles. The highest BCUT2D eigenvalue weighted by atomic mass is 16.5. The fourth-order valence-electron chi connectivity index (χ4n) is 0. The molecule has 0 unspecified atom stereocenters. The minimum absolute atomic E-state index is 0.824. The molecule has 1 N–H and O–H groups in total. The number of carboxylic acids is 1. The smallest absolute Gasteiger partial charge is 0.371 e. The highest BCUT2D eigenvalue weighted by Gasteiger charge is 1.98. The molecule has 0 fully saturated rings. The number of carbonyl (C=O) groups is 2. The maximum Gasteiger partial charge on any atom is 0.371 e. The van der Waals surface area contributed by atoms with Gasteiger partial charge in [-0.15, -0.1) is 0 Å². The Balaban J connectivity index is 3.57. The highest BCUT2D eigenvalue weighted by molar-refractivity contribution is 6.31. The first-order valence-corrected chi connectivity index (χ1v) is 1.38. The molecule has 0 aromatic carbocycles. The molecule has 3 nitrogen and oxygen atoms in total. The van der Waals surface area contributed by atoms with Crippen molar-refractivity contribution in [2.75, 3.05) is 0 Å². The SMILES string of the molecule is CC(=O)[13C](=O)O. The Kier molecular flexibility index (Phi) is 1.32. The summed E-state index contributed by atoms with van der Waals surface area (Å²) in [6, 6.07) is 0. The van der Waals surface area contributed by atoms with Crippen molar-refractivity contribution < 1.29 is 14.7 Å². The van der Waals surface area contributed by atoms with Crippen molar-refractivity contribution in [3.05, 3.63) is 0 Å². The second-order valence-electron chi connectivity index (χ2n) is 0.861. The van der Waals surface area contributed by atoms with Gasteiger partial charge in [0.25, 0.3) is 0 Å². The van der Waals surface area contributed by atoms with E-state index < -0.39 is 11.8 Å². The monoisotopic (exact) mass is 89.0 g/mol. The predicted octanol–water partition coefficient (Wildman–Crippen LogP) is -0.340. The first-order chi connectivity index (χ1) is 2.64. The lowest BCUT2D eigenvalue weighted by Gasteiger charge is -1.73. The Morgan fingerprint density at radius 2 is 1.67 bits per heavy atom. The van der Waals surface area contributed by atoms with Gasteiger partial charge in [-0.25, -0.2) is 4.79 Å². The van der Waals surface area contributed by atoms with Crippen molar-refractivity contribution in [3.63, 3.8) is 0 Å². The molecular formula is C3H4O3. The molecule has 0 aliphatic rings. The van der Waals surface area contributed by atoms with Gasteiger partial charge in [-0.3, -0.25) is 4.79 Å². The molecule has 0 atom stereocenters. The van der Waals surface area contributed by atoms with Gasteiger partial charge < -0.3 is 5.11 Å². The average Bonchev–Trinajstić information content (AvgIpc) is 1.36. The summed E-state index contributed by atoms with van der Waals surface area (Å²) in [6.07, 6.45) is 0. The lowest BCUT2D eigenvalue weighted by atomic mass is 10.7. The number of hydrogen-bond acceptors (Lipinski definition) is 2. The van der Waals surface area contributed by atoms with Gasteiger partial charge >= 0.3 is 5.97 Å². The van der Waals surface area contributed by atoms with Crippen molar-refractivity contribution >= 4 is 11.8 Å². The molecular weight excluding hydrogens is 85.0 g/mol. The molecule has 0 aliphatic heterocycles. The fraction of sp³-hybridized carbons (Fsp3) is 0.333. The molecule has 0 heterocycles. The van der Waals surface area contributed by atoms with Crippen LogP contribution < -0.4 is 0 Å². The molecule has 0 radical (unpaired) electrons. The van der Waals surface area contributed by atoms with E-state index in [1.165, 1.54) is 0 Å². The second kappa shape index (κ2) is 1.55. The number of carboxylic acid groups (broad SMARTS) is 1. The molecule has 0 spiro atoms. The molecule has 3 heteroatoms. The van der Waals surface area contributed by atoms with Crippen molar-refractivity contribution in [2.24, 2.45) is 0 Å². The second-order valence-corrected chi connectivity index (χ2v) is 0.861. The van der Waals surface area contributed by atoms with Crippen molar-refractivity contribution in [1.82, 2.24) is 0 Å². The molecule has 6 heavy (non-hydrogen) atoms. The van der Waals surface area contributed by atoms with Gasteiger partial charge in [0.05, 0.1) is 0 Å². The highest BCUT2D eigenvalue weighted by Crippen LogP contribution is 1.61. The molecule has 0 aromatic rings. The molecule has 0 rings (SSSR count). The lowest BCUT2D eigenvalue weighted by molar-refractivity contribution is -0.148. The molecule has 0 bridgehead atoms. The minimum atomic E-state index is -1.38. The van der Waals surface area contributed by atoms with Gasteiger partial charge in [0.1, 0.15) is 0 Å². The standard InChI is InChI=1S/C3H4O3/c1-2(4)3(5)6/h1H3,(H,5,6)/i3+1. The summed E-state index contributed by atoms with van der Waals surface area (Å²) >= 11 is 0. The van der Waals surface area contributed by atoms with Crippen LogP contribution in [-0.2, 0) is 9.59 Å². The summed E-state index contributed by atoms with van der Waals surface area (Å²) in [5, 5.41) is 7.64. The molecule has 0 amide bonds. The zero-order valence-electron chi connectivity index (χ0n) is 3.26. The van der Waals surface area contributed by atoms with Gasteiger partial charge in [-0.05, 0) is 0 Å². The molecule has 34 valence electrons. The first kappa shape index (κ1) is 5.14. The van der Waals surface area contributed by atoms with E-state index in [2.05, 4.69) is 0 Å². The van der Waals surface area contributed by atoms with Gasteiger partial charge in [-0.2, -0.15) is 0 Å². The van der Waals surface area contributed by atoms with Gasteiger partial charge in [-0.1, -0.05) is 0 Å². The Labute approximate surface area is 34.6 Å². The third-order valence-electron chi connectivity index (χ3n) is 0.301. The van der Waals surface area contributed by atoms with E-state index in [0.717, 1.165) is 6.92 Å². The fourth-order valence-corrected chi connectivity index (χ4v) is 0. The van der Waals surface area contributed by atoms with Gasteiger partial charge in [0.15, 0.2) is 0 Å². The lowest BCUT2D eigenvalue weighted by Crippen LogP contribution is -2.05. The van der Waals surface area contributed by atoms with E-state index in [1.807, 2.05) is 0 Å². The van der Waals surface area contributed by atoms with E-state index in [1.54, 1.807) is 0 Å². The summed E-state index contributed by atoms with van der Waals surface area (Å²) in [7, 11) is 0. The Morgan fingerprint density at radius 1 is 1.50 bits per heavy atom. The number of ketones is 1. The van der Waals surface area contributed by atoms with E-state index in [4.69, 9.17) is 5.11 Å². The maximum absolute atomic E-state index is 9.54. The Hall–Kier alpha value is -0.860. The number of carbonyl (C=O) groups excluding carboxylic acids is 1. The zero-order valence-corrected chi connectivity index (χ0v) is 3.26. The van der Waals surface area contributed by atoms with Gasteiger partial charge in [0.2, 0.25) is 5.78 Å². The molecule has 0 saturated carbocycles. The number of Topliss-reactive ketones (excluding diaryl/α,β-unsaturated/α-hetero) is 1. The van der Waals surface area contributed by atoms with E-state index in [9.17, 15) is 9.59 Å². The summed E-state index contributed by atoms with van der Waals surface area (Å²) in [5.41, 5.74) is 0. The zero-order chi connectivity index (χ0) is 5.15. The van der Waals surface area contributed by atoms with Crippen LogP contribution in [0.2, 0.25) is 0 Å². The maximum atomic E-state index is 9.54. The topological polar surface area (TPSA) is 54.4 Å². The average molecular weight is 89.1 g/mol. The summed E-state index contributed by atoms with van der Waals surface area (Å²) in [4.78, 5) is 18.9. The third kappa shape index (κ3) is 1.46. The van der Waals surface area contributed by atoms with Crippen molar-refractivity contribution in [1.29, 1.82) is 0 Å². The number of aliphatic carboxylic acids is 1. The summed E-state index contributed by atoms with van der Waals surface area (Å²) < 4.78 is 0. The van der Waals surface area contributed by atoms with Crippen LogP contribution in [0, 0.1) is 0 Å².